The molecule has 0 bridgehead atoms. The maximum Gasteiger partial charge on any atom is 0.126 e. The second-order valence-corrected chi connectivity index (χ2v) is 4.75. The number of aromatic nitrogens is 1. The van der Waals surface area contributed by atoms with Crippen molar-refractivity contribution in [2.24, 2.45) is 0 Å². The lowest BCUT2D eigenvalue weighted by molar-refractivity contribution is -0.0149. The number of hydrogen-bond donors (Lipinski definition) is 2. The number of anilines is 1. The fourth-order valence-electron chi connectivity index (χ4n) is 2.17. The average molecular weight is 221 g/mol. The second-order valence-electron chi connectivity index (χ2n) is 4.75. The van der Waals surface area contributed by atoms with Gasteiger partial charge in [0, 0.05) is 25.7 Å². The van der Waals surface area contributed by atoms with E-state index in [0.717, 1.165) is 31.5 Å². The van der Waals surface area contributed by atoms with Crippen molar-refractivity contribution in [3.63, 3.8) is 0 Å². The Hall–Kier alpha value is -1.13. The van der Waals surface area contributed by atoms with E-state index in [1.807, 2.05) is 12.1 Å². The zero-order valence-corrected chi connectivity index (χ0v) is 9.69. The molecule has 0 radical (unpaired) electrons. The predicted molar refractivity (Wildman–Crippen MR) is 64.0 cm³/mol. The maximum atomic E-state index is 10.5. The topological polar surface area (TPSA) is 62.4 Å². The summed E-state index contributed by atoms with van der Waals surface area (Å²) in [5.74, 6) is 0.537. The third-order valence-corrected chi connectivity index (χ3v) is 3.36. The molecule has 0 amide bonds. The van der Waals surface area contributed by atoms with Crippen LogP contribution in [0, 0.1) is 0 Å². The molecule has 16 heavy (non-hydrogen) atoms. The fraction of sp³-hybridized carbons (Fsp3) is 0.583. The Morgan fingerprint density at radius 1 is 1.50 bits per heavy atom. The number of likely N-dealkylation sites (tertiary alicyclic amines) is 1. The van der Waals surface area contributed by atoms with Gasteiger partial charge in [0.15, 0.2) is 0 Å². The summed E-state index contributed by atoms with van der Waals surface area (Å²) in [6.07, 6.45) is 3.90. The van der Waals surface area contributed by atoms with Crippen LogP contribution in [0.4, 0.5) is 5.82 Å². The Bertz CT molecular complexity index is 359. The summed E-state index contributed by atoms with van der Waals surface area (Å²) >= 11 is 0. The molecule has 0 aliphatic carbocycles. The van der Waals surface area contributed by atoms with Crippen molar-refractivity contribution in [3.05, 3.63) is 23.9 Å². The van der Waals surface area contributed by atoms with Crippen LogP contribution in [0.1, 0.15) is 18.4 Å². The van der Waals surface area contributed by atoms with Gasteiger partial charge in [-0.15, -0.1) is 0 Å². The van der Waals surface area contributed by atoms with E-state index in [4.69, 9.17) is 5.73 Å². The van der Waals surface area contributed by atoms with Crippen LogP contribution in [0.3, 0.4) is 0 Å². The smallest absolute Gasteiger partial charge is 0.126 e. The Balaban J connectivity index is 2.07. The SMILES string of the molecule is CN1CCC(O)(Cc2cccnc2N)CC1. The van der Waals surface area contributed by atoms with E-state index in [-0.39, 0.29) is 0 Å². The molecule has 1 aliphatic heterocycles. The Kier molecular flexibility index (Phi) is 3.12. The minimum absolute atomic E-state index is 0.537. The van der Waals surface area contributed by atoms with Crippen molar-refractivity contribution >= 4 is 5.82 Å². The minimum Gasteiger partial charge on any atom is -0.389 e. The van der Waals surface area contributed by atoms with Crippen molar-refractivity contribution in [3.8, 4) is 0 Å². The first-order chi connectivity index (χ1) is 7.59. The van der Waals surface area contributed by atoms with Crippen molar-refractivity contribution < 1.29 is 5.11 Å². The predicted octanol–water partition coefficient (Wildman–Crippen LogP) is 0.663. The van der Waals surface area contributed by atoms with Crippen molar-refractivity contribution in [1.29, 1.82) is 0 Å². The lowest BCUT2D eigenvalue weighted by Crippen LogP contribution is -2.44. The van der Waals surface area contributed by atoms with E-state index < -0.39 is 5.60 Å². The highest BCUT2D eigenvalue weighted by Gasteiger charge is 2.31. The molecule has 1 aliphatic rings. The molecule has 3 N–H and O–H groups in total. The molecule has 1 saturated heterocycles. The van der Waals surface area contributed by atoms with Crippen LogP contribution in [0.25, 0.3) is 0 Å². The second kappa shape index (κ2) is 4.39. The highest BCUT2D eigenvalue weighted by Crippen LogP contribution is 2.27. The number of nitrogens with zero attached hydrogens (tertiary/aromatic N) is 2. The third kappa shape index (κ3) is 2.51. The molecule has 0 spiro atoms. The van der Waals surface area contributed by atoms with Crippen LogP contribution < -0.4 is 5.73 Å². The van der Waals surface area contributed by atoms with Crippen LogP contribution in [-0.4, -0.2) is 40.7 Å². The summed E-state index contributed by atoms with van der Waals surface area (Å²) in [7, 11) is 2.08. The Morgan fingerprint density at radius 2 is 2.19 bits per heavy atom. The molecule has 1 aromatic heterocycles. The van der Waals surface area contributed by atoms with Gasteiger partial charge in [-0.1, -0.05) is 6.07 Å². The van der Waals surface area contributed by atoms with Gasteiger partial charge in [0.2, 0.25) is 0 Å². The van der Waals surface area contributed by atoms with E-state index in [1.165, 1.54) is 0 Å². The number of nitrogens with two attached hydrogens (primary N) is 1. The molecule has 88 valence electrons. The van der Waals surface area contributed by atoms with Crippen LogP contribution in [0.5, 0.6) is 0 Å². The molecule has 1 fully saturated rings. The largest absolute Gasteiger partial charge is 0.389 e. The lowest BCUT2D eigenvalue weighted by atomic mass is 9.85. The average Bonchev–Trinajstić information content (AvgIpc) is 2.27. The summed E-state index contributed by atoms with van der Waals surface area (Å²) in [6, 6.07) is 3.81. The van der Waals surface area contributed by atoms with Crippen LogP contribution in [0.2, 0.25) is 0 Å². The van der Waals surface area contributed by atoms with Gasteiger partial charge in [0.1, 0.15) is 5.82 Å². The highest BCUT2D eigenvalue weighted by molar-refractivity contribution is 5.39. The zero-order valence-electron chi connectivity index (χ0n) is 9.69. The molecular formula is C12H19N3O. The number of piperidine rings is 1. The highest BCUT2D eigenvalue weighted by atomic mass is 16.3. The molecule has 0 saturated carbocycles. The van der Waals surface area contributed by atoms with E-state index in [9.17, 15) is 5.11 Å². The van der Waals surface area contributed by atoms with Gasteiger partial charge in [-0.05, 0) is 31.5 Å². The molecular weight excluding hydrogens is 202 g/mol. The normalized spacial score (nSPS) is 20.9. The van der Waals surface area contributed by atoms with E-state index in [0.29, 0.717) is 12.2 Å². The van der Waals surface area contributed by atoms with Gasteiger partial charge in [-0.2, -0.15) is 0 Å². The van der Waals surface area contributed by atoms with E-state index >= 15 is 0 Å². The summed E-state index contributed by atoms with van der Waals surface area (Å²) in [5.41, 5.74) is 6.14. The summed E-state index contributed by atoms with van der Waals surface area (Å²) in [5, 5.41) is 10.5. The molecule has 0 aromatic carbocycles. The summed E-state index contributed by atoms with van der Waals surface area (Å²) in [4.78, 5) is 6.28. The summed E-state index contributed by atoms with van der Waals surface area (Å²) in [6.45, 7) is 1.88. The molecule has 1 aromatic rings. The van der Waals surface area contributed by atoms with Gasteiger partial charge in [-0.25, -0.2) is 4.98 Å². The molecule has 0 unspecified atom stereocenters. The standard InChI is InChI=1S/C12H19N3O/c1-15-7-4-12(16,5-8-15)9-10-3-2-6-14-11(10)13/h2-3,6,16H,4-5,7-9H2,1H3,(H2,13,14). The third-order valence-electron chi connectivity index (χ3n) is 3.36. The van der Waals surface area contributed by atoms with Gasteiger partial charge >= 0.3 is 0 Å². The first kappa shape index (κ1) is 11.4. The summed E-state index contributed by atoms with van der Waals surface area (Å²) < 4.78 is 0. The number of aliphatic hydroxyl groups is 1. The van der Waals surface area contributed by atoms with Crippen molar-refractivity contribution in [1.82, 2.24) is 9.88 Å². The number of rotatable bonds is 2. The van der Waals surface area contributed by atoms with E-state index in [2.05, 4.69) is 16.9 Å². The fourth-order valence-corrected chi connectivity index (χ4v) is 2.17. The maximum absolute atomic E-state index is 10.5. The first-order valence-electron chi connectivity index (χ1n) is 5.69. The van der Waals surface area contributed by atoms with E-state index in [1.54, 1.807) is 6.20 Å². The van der Waals surface area contributed by atoms with Gasteiger partial charge in [-0.3, -0.25) is 0 Å². The first-order valence-corrected chi connectivity index (χ1v) is 5.69. The molecule has 2 rings (SSSR count). The lowest BCUT2D eigenvalue weighted by Gasteiger charge is -2.36. The van der Waals surface area contributed by atoms with Crippen LogP contribution in [0.15, 0.2) is 18.3 Å². The van der Waals surface area contributed by atoms with Crippen LogP contribution >= 0.6 is 0 Å². The molecule has 0 atom stereocenters. The van der Waals surface area contributed by atoms with Crippen molar-refractivity contribution in [2.75, 3.05) is 25.9 Å². The van der Waals surface area contributed by atoms with Gasteiger partial charge < -0.3 is 15.7 Å². The molecule has 2 heterocycles. The molecule has 4 heteroatoms. The Labute approximate surface area is 96.1 Å². The van der Waals surface area contributed by atoms with Crippen molar-refractivity contribution in [2.45, 2.75) is 24.9 Å². The number of pyridine rings is 1. The number of hydrogen-bond acceptors (Lipinski definition) is 4. The minimum atomic E-state index is -0.607. The monoisotopic (exact) mass is 221 g/mol. The molecule has 4 nitrogen and oxygen atoms in total. The van der Waals surface area contributed by atoms with Gasteiger partial charge in [0.25, 0.3) is 0 Å². The zero-order chi connectivity index (χ0) is 11.6. The number of nitrogen functional groups attached to an aromatic ring is 1. The quantitative estimate of drug-likeness (QED) is 0.770. The Morgan fingerprint density at radius 3 is 2.81 bits per heavy atom. The van der Waals surface area contributed by atoms with Crippen LogP contribution in [-0.2, 0) is 6.42 Å². The van der Waals surface area contributed by atoms with Gasteiger partial charge in [0.05, 0.1) is 5.60 Å².